The number of nitrogens with one attached hydrogen (secondary N) is 1. The highest BCUT2D eigenvalue weighted by Crippen LogP contribution is 2.14. The number of pyridine rings is 1. The summed E-state index contributed by atoms with van der Waals surface area (Å²) in [6, 6.07) is 11.3. The van der Waals surface area contributed by atoms with Crippen LogP contribution in [0.2, 0.25) is 5.02 Å². The third kappa shape index (κ3) is 6.05. The van der Waals surface area contributed by atoms with E-state index in [9.17, 15) is 4.79 Å². The SMILES string of the molecule is CCCN(CCC)c1cc(C(=O)NCCc2cccc(Cl)c2)ccn1. The molecule has 1 heterocycles. The lowest BCUT2D eigenvalue weighted by Crippen LogP contribution is -2.28. The minimum atomic E-state index is -0.0707. The van der Waals surface area contributed by atoms with E-state index in [-0.39, 0.29) is 5.91 Å². The van der Waals surface area contributed by atoms with E-state index in [1.54, 1.807) is 12.3 Å². The van der Waals surface area contributed by atoms with Crippen molar-refractivity contribution >= 4 is 23.3 Å². The minimum absolute atomic E-state index is 0.0707. The zero-order valence-corrected chi connectivity index (χ0v) is 15.7. The van der Waals surface area contributed by atoms with E-state index in [0.717, 1.165) is 48.8 Å². The number of rotatable bonds is 9. The Morgan fingerprint density at radius 1 is 1.16 bits per heavy atom. The maximum Gasteiger partial charge on any atom is 0.251 e. The van der Waals surface area contributed by atoms with Crippen LogP contribution in [0.25, 0.3) is 0 Å². The first kappa shape index (κ1) is 19.3. The average molecular weight is 360 g/mol. The molecule has 1 aromatic carbocycles. The summed E-state index contributed by atoms with van der Waals surface area (Å²) < 4.78 is 0. The summed E-state index contributed by atoms with van der Waals surface area (Å²) in [5, 5.41) is 3.69. The van der Waals surface area contributed by atoms with Gasteiger partial charge < -0.3 is 10.2 Å². The largest absolute Gasteiger partial charge is 0.357 e. The van der Waals surface area contributed by atoms with Crippen molar-refractivity contribution in [3.63, 3.8) is 0 Å². The first-order valence-corrected chi connectivity index (χ1v) is 9.25. The van der Waals surface area contributed by atoms with Gasteiger partial charge in [-0.25, -0.2) is 4.98 Å². The molecule has 1 aromatic heterocycles. The first-order valence-electron chi connectivity index (χ1n) is 8.87. The molecule has 5 heteroatoms. The van der Waals surface area contributed by atoms with Crippen LogP contribution in [0, 0.1) is 0 Å². The van der Waals surface area contributed by atoms with E-state index >= 15 is 0 Å². The van der Waals surface area contributed by atoms with Crippen LogP contribution in [0.15, 0.2) is 42.6 Å². The van der Waals surface area contributed by atoms with Gasteiger partial charge >= 0.3 is 0 Å². The van der Waals surface area contributed by atoms with Gasteiger partial charge in [0.2, 0.25) is 0 Å². The standard InChI is InChI=1S/C20H26ClN3O/c1-3-12-24(13-4-2)19-15-17(9-11-22-19)20(25)23-10-8-16-6-5-7-18(21)14-16/h5-7,9,11,14-15H,3-4,8,10,12-13H2,1-2H3,(H,23,25). The summed E-state index contributed by atoms with van der Waals surface area (Å²) in [6.45, 7) is 6.76. The van der Waals surface area contributed by atoms with Crippen LogP contribution in [-0.2, 0) is 6.42 Å². The molecule has 0 atom stereocenters. The predicted octanol–water partition coefficient (Wildman–Crippen LogP) is 4.33. The molecule has 0 aliphatic heterocycles. The Hall–Kier alpha value is -2.07. The molecular weight excluding hydrogens is 334 g/mol. The first-order chi connectivity index (χ1) is 12.1. The Morgan fingerprint density at radius 2 is 1.92 bits per heavy atom. The molecule has 0 spiro atoms. The number of halogens is 1. The Bertz CT molecular complexity index is 684. The molecule has 0 saturated heterocycles. The molecule has 0 bridgehead atoms. The van der Waals surface area contributed by atoms with Crippen molar-refractivity contribution < 1.29 is 4.79 Å². The van der Waals surface area contributed by atoms with Gasteiger partial charge in [0.05, 0.1) is 0 Å². The number of hydrogen-bond acceptors (Lipinski definition) is 3. The quantitative estimate of drug-likeness (QED) is 0.724. The number of benzene rings is 1. The van der Waals surface area contributed by atoms with Gasteiger partial charge in [0.15, 0.2) is 0 Å². The third-order valence-electron chi connectivity index (χ3n) is 3.91. The molecular formula is C20H26ClN3O. The number of anilines is 1. The van der Waals surface area contributed by atoms with Crippen LogP contribution in [0.4, 0.5) is 5.82 Å². The van der Waals surface area contributed by atoms with Gasteiger partial charge in [-0.1, -0.05) is 37.6 Å². The number of carbonyl (C=O) groups is 1. The average Bonchev–Trinajstić information content (AvgIpc) is 2.61. The number of aromatic nitrogens is 1. The van der Waals surface area contributed by atoms with Crippen LogP contribution < -0.4 is 10.2 Å². The molecule has 0 unspecified atom stereocenters. The number of amides is 1. The summed E-state index contributed by atoms with van der Waals surface area (Å²) in [6.07, 6.45) is 4.57. The molecule has 0 aliphatic rings. The Kier molecular flexibility index (Phi) is 7.74. The number of nitrogens with zero attached hydrogens (tertiary/aromatic N) is 2. The Labute approximate surface area is 155 Å². The van der Waals surface area contributed by atoms with Crippen molar-refractivity contribution in [2.45, 2.75) is 33.1 Å². The smallest absolute Gasteiger partial charge is 0.251 e. The summed E-state index contributed by atoms with van der Waals surface area (Å²) in [7, 11) is 0. The van der Waals surface area contributed by atoms with Crippen LogP contribution >= 0.6 is 11.6 Å². The normalized spacial score (nSPS) is 10.5. The molecule has 2 rings (SSSR count). The van der Waals surface area contributed by atoms with Gasteiger partial charge in [-0.2, -0.15) is 0 Å². The van der Waals surface area contributed by atoms with Crippen LogP contribution in [0.3, 0.4) is 0 Å². The summed E-state index contributed by atoms with van der Waals surface area (Å²) in [5.41, 5.74) is 1.76. The molecule has 0 fully saturated rings. The van der Waals surface area contributed by atoms with E-state index in [4.69, 9.17) is 11.6 Å². The predicted molar refractivity (Wildman–Crippen MR) is 105 cm³/mol. The number of hydrogen-bond donors (Lipinski definition) is 1. The lowest BCUT2D eigenvalue weighted by molar-refractivity contribution is 0.0954. The maximum atomic E-state index is 12.4. The molecule has 1 N–H and O–H groups in total. The second-order valence-corrected chi connectivity index (χ2v) is 6.46. The van der Waals surface area contributed by atoms with E-state index in [1.807, 2.05) is 30.3 Å². The van der Waals surface area contributed by atoms with E-state index in [1.165, 1.54) is 0 Å². The van der Waals surface area contributed by atoms with Crippen molar-refractivity contribution in [1.82, 2.24) is 10.3 Å². The highest BCUT2D eigenvalue weighted by molar-refractivity contribution is 6.30. The molecule has 0 aliphatic carbocycles. The molecule has 4 nitrogen and oxygen atoms in total. The van der Waals surface area contributed by atoms with Crippen molar-refractivity contribution in [1.29, 1.82) is 0 Å². The van der Waals surface area contributed by atoms with Crippen molar-refractivity contribution in [2.24, 2.45) is 0 Å². The van der Waals surface area contributed by atoms with Crippen LogP contribution in [-0.4, -0.2) is 30.5 Å². The van der Waals surface area contributed by atoms with Gasteiger partial charge in [-0.05, 0) is 49.1 Å². The monoisotopic (exact) mass is 359 g/mol. The fourth-order valence-electron chi connectivity index (χ4n) is 2.73. The van der Waals surface area contributed by atoms with E-state index < -0.39 is 0 Å². The zero-order valence-electron chi connectivity index (χ0n) is 15.0. The second-order valence-electron chi connectivity index (χ2n) is 6.03. The second kappa shape index (κ2) is 10.0. The fraction of sp³-hybridized carbons (Fsp3) is 0.400. The molecule has 25 heavy (non-hydrogen) atoms. The zero-order chi connectivity index (χ0) is 18.1. The Balaban J connectivity index is 1.95. The van der Waals surface area contributed by atoms with E-state index in [2.05, 4.69) is 29.0 Å². The van der Waals surface area contributed by atoms with Crippen LogP contribution in [0.5, 0.6) is 0 Å². The topological polar surface area (TPSA) is 45.2 Å². The van der Waals surface area contributed by atoms with Crippen molar-refractivity contribution in [2.75, 3.05) is 24.5 Å². The molecule has 134 valence electrons. The highest BCUT2D eigenvalue weighted by atomic mass is 35.5. The third-order valence-corrected chi connectivity index (χ3v) is 4.14. The van der Waals surface area contributed by atoms with Gasteiger partial charge in [0.25, 0.3) is 5.91 Å². The Morgan fingerprint density at radius 3 is 2.60 bits per heavy atom. The van der Waals surface area contributed by atoms with Gasteiger partial charge in [-0.15, -0.1) is 0 Å². The lowest BCUT2D eigenvalue weighted by Gasteiger charge is -2.22. The van der Waals surface area contributed by atoms with Crippen LogP contribution in [0.1, 0.15) is 42.6 Å². The van der Waals surface area contributed by atoms with E-state index in [0.29, 0.717) is 12.1 Å². The number of carbonyl (C=O) groups excluding carboxylic acids is 1. The van der Waals surface area contributed by atoms with Crippen molar-refractivity contribution in [3.8, 4) is 0 Å². The molecule has 2 aromatic rings. The maximum absolute atomic E-state index is 12.4. The van der Waals surface area contributed by atoms with Gasteiger partial charge in [0.1, 0.15) is 5.82 Å². The summed E-state index contributed by atoms with van der Waals surface area (Å²) >= 11 is 5.98. The minimum Gasteiger partial charge on any atom is -0.357 e. The summed E-state index contributed by atoms with van der Waals surface area (Å²) in [5.74, 6) is 0.796. The summed E-state index contributed by atoms with van der Waals surface area (Å²) in [4.78, 5) is 19.1. The molecule has 0 saturated carbocycles. The van der Waals surface area contributed by atoms with Gasteiger partial charge in [0, 0.05) is 36.4 Å². The van der Waals surface area contributed by atoms with Crippen molar-refractivity contribution in [3.05, 3.63) is 58.7 Å². The molecule has 1 amide bonds. The molecule has 0 radical (unpaired) electrons. The fourth-order valence-corrected chi connectivity index (χ4v) is 2.94. The van der Waals surface area contributed by atoms with Gasteiger partial charge in [-0.3, -0.25) is 4.79 Å². The lowest BCUT2D eigenvalue weighted by atomic mass is 10.1. The highest BCUT2D eigenvalue weighted by Gasteiger charge is 2.10.